The zero-order chi connectivity index (χ0) is 16.7. The Hall–Kier alpha value is -2.88. The molecule has 2 rings (SSSR count). The minimum absolute atomic E-state index is 0.0511. The summed E-state index contributed by atoms with van der Waals surface area (Å²) in [7, 11) is 0. The lowest BCUT2D eigenvalue weighted by Crippen LogP contribution is -2.09. The zero-order valence-electron chi connectivity index (χ0n) is 12.1. The van der Waals surface area contributed by atoms with Crippen molar-refractivity contribution in [1.29, 1.82) is 0 Å². The van der Waals surface area contributed by atoms with Crippen molar-refractivity contribution in [3.63, 3.8) is 0 Å². The highest BCUT2D eigenvalue weighted by molar-refractivity contribution is 5.60. The van der Waals surface area contributed by atoms with Gasteiger partial charge in [-0.15, -0.1) is 5.10 Å². The summed E-state index contributed by atoms with van der Waals surface area (Å²) in [5, 5.41) is 10.9. The minimum Gasteiger partial charge on any atom is -0.222 e. The van der Waals surface area contributed by atoms with Gasteiger partial charge in [-0.25, -0.2) is 4.68 Å². The molecule has 23 heavy (non-hydrogen) atoms. The number of nitrogens with zero attached hydrogens (tertiary/aromatic N) is 4. The van der Waals surface area contributed by atoms with E-state index in [9.17, 15) is 13.2 Å². The predicted molar refractivity (Wildman–Crippen MR) is 80.0 cm³/mol. The average Bonchev–Trinajstić information content (AvgIpc) is 2.98. The Morgan fingerprint density at radius 3 is 2.74 bits per heavy atom. The lowest BCUT2D eigenvalue weighted by atomic mass is 10.1. The van der Waals surface area contributed by atoms with E-state index in [2.05, 4.69) is 33.9 Å². The third kappa shape index (κ3) is 4.30. The van der Waals surface area contributed by atoms with Crippen LogP contribution in [0.3, 0.4) is 0 Å². The molecule has 0 saturated carbocycles. The van der Waals surface area contributed by atoms with E-state index in [0.29, 0.717) is 6.42 Å². The Morgan fingerprint density at radius 2 is 2.00 bits per heavy atom. The standard InChI is InChI=1S/C16H13F3N4/c1-2-3-4-5-6-9-12-23-15(20-21-22-23)13-10-7-8-11-14(13)16(17,18)19/h2,6-11H,1,5,12H2/b9-6+. The van der Waals surface area contributed by atoms with Crippen LogP contribution in [0.2, 0.25) is 0 Å². The van der Waals surface area contributed by atoms with E-state index in [1.807, 2.05) is 0 Å². The van der Waals surface area contributed by atoms with Crippen molar-refractivity contribution in [2.24, 2.45) is 0 Å². The van der Waals surface area contributed by atoms with Gasteiger partial charge >= 0.3 is 6.18 Å². The maximum atomic E-state index is 13.1. The fourth-order valence-corrected chi connectivity index (χ4v) is 1.89. The van der Waals surface area contributed by atoms with E-state index in [4.69, 9.17) is 0 Å². The lowest BCUT2D eigenvalue weighted by molar-refractivity contribution is -0.137. The number of benzene rings is 1. The Morgan fingerprint density at radius 1 is 1.22 bits per heavy atom. The third-order valence-corrected chi connectivity index (χ3v) is 2.87. The van der Waals surface area contributed by atoms with Gasteiger partial charge in [0, 0.05) is 12.0 Å². The van der Waals surface area contributed by atoms with Crippen LogP contribution >= 0.6 is 0 Å². The number of allylic oxidation sites excluding steroid dienone is 3. The average molecular weight is 318 g/mol. The molecule has 0 unspecified atom stereocenters. The van der Waals surface area contributed by atoms with Gasteiger partial charge in [-0.2, -0.15) is 13.2 Å². The number of rotatable bonds is 4. The molecule has 0 saturated heterocycles. The Bertz CT molecular complexity index is 763. The highest BCUT2D eigenvalue weighted by Crippen LogP contribution is 2.35. The van der Waals surface area contributed by atoms with Gasteiger partial charge in [-0.05, 0) is 22.6 Å². The second-order valence-corrected chi connectivity index (χ2v) is 4.43. The van der Waals surface area contributed by atoms with E-state index >= 15 is 0 Å². The Kier molecular flexibility index (Phi) is 5.31. The predicted octanol–water partition coefficient (Wildman–Crippen LogP) is 3.49. The summed E-state index contributed by atoms with van der Waals surface area (Å²) in [6.07, 6.45) is 1.07. The first-order valence-corrected chi connectivity index (χ1v) is 6.71. The van der Waals surface area contributed by atoms with Crippen molar-refractivity contribution in [2.75, 3.05) is 0 Å². The molecule has 0 bridgehead atoms. The van der Waals surface area contributed by atoms with Gasteiger partial charge < -0.3 is 0 Å². The van der Waals surface area contributed by atoms with Gasteiger partial charge in [-0.3, -0.25) is 0 Å². The number of alkyl halides is 3. The molecular formula is C16H13F3N4. The SMILES string of the molecule is C=CC#CC/C=C/Cn1nnnc1-c1ccccc1C(F)(F)F. The second-order valence-electron chi connectivity index (χ2n) is 4.43. The van der Waals surface area contributed by atoms with Gasteiger partial charge in [0.15, 0.2) is 5.82 Å². The van der Waals surface area contributed by atoms with Crippen LogP contribution in [0.15, 0.2) is 49.1 Å². The molecule has 0 atom stereocenters. The first kappa shape index (κ1) is 16.5. The van der Waals surface area contributed by atoms with Gasteiger partial charge in [0.05, 0.1) is 12.1 Å². The molecule has 0 N–H and O–H groups in total. The summed E-state index contributed by atoms with van der Waals surface area (Å²) in [5.41, 5.74) is -0.818. The maximum absolute atomic E-state index is 13.1. The number of halogens is 3. The highest BCUT2D eigenvalue weighted by Gasteiger charge is 2.34. The van der Waals surface area contributed by atoms with Crippen molar-refractivity contribution >= 4 is 0 Å². The van der Waals surface area contributed by atoms with Crippen molar-refractivity contribution in [3.8, 4) is 23.2 Å². The van der Waals surface area contributed by atoms with Crippen molar-refractivity contribution in [3.05, 3.63) is 54.6 Å². The molecule has 1 heterocycles. The van der Waals surface area contributed by atoms with E-state index < -0.39 is 11.7 Å². The maximum Gasteiger partial charge on any atom is 0.417 e. The molecule has 0 aliphatic heterocycles. The fraction of sp³-hybridized carbons (Fsp3) is 0.188. The van der Waals surface area contributed by atoms with Crippen LogP contribution < -0.4 is 0 Å². The van der Waals surface area contributed by atoms with E-state index in [1.165, 1.54) is 29.0 Å². The first-order valence-electron chi connectivity index (χ1n) is 6.71. The lowest BCUT2D eigenvalue weighted by Gasteiger charge is -2.11. The number of aromatic nitrogens is 4. The van der Waals surface area contributed by atoms with Crippen LogP contribution in [0.1, 0.15) is 12.0 Å². The smallest absolute Gasteiger partial charge is 0.222 e. The zero-order valence-corrected chi connectivity index (χ0v) is 12.1. The van der Waals surface area contributed by atoms with Crippen molar-refractivity contribution in [1.82, 2.24) is 20.2 Å². The molecule has 0 aliphatic carbocycles. The molecule has 1 aromatic carbocycles. The quantitative estimate of drug-likeness (QED) is 0.640. The second kappa shape index (κ2) is 7.40. The van der Waals surface area contributed by atoms with Crippen LogP contribution in [-0.4, -0.2) is 20.2 Å². The van der Waals surface area contributed by atoms with Crippen LogP contribution in [-0.2, 0) is 12.7 Å². The number of tetrazole rings is 1. The van der Waals surface area contributed by atoms with Gasteiger partial charge in [-0.1, -0.05) is 48.8 Å². The van der Waals surface area contributed by atoms with Gasteiger partial charge in [0.2, 0.25) is 0 Å². The van der Waals surface area contributed by atoms with E-state index in [-0.39, 0.29) is 17.9 Å². The third-order valence-electron chi connectivity index (χ3n) is 2.87. The van der Waals surface area contributed by atoms with Crippen LogP contribution in [0, 0.1) is 11.8 Å². The summed E-state index contributed by atoms with van der Waals surface area (Å²) in [4.78, 5) is 0. The summed E-state index contributed by atoms with van der Waals surface area (Å²) in [6, 6.07) is 5.21. The van der Waals surface area contributed by atoms with Crippen LogP contribution in [0.4, 0.5) is 13.2 Å². The summed E-state index contributed by atoms with van der Waals surface area (Å²) >= 11 is 0. The molecule has 0 spiro atoms. The molecule has 2 aromatic rings. The topological polar surface area (TPSA) is 43.6 Å². The Balaban J connectivity index is 2.24. The Labute approximate surface area is 131 Å². The molecule has 0 radical (unpaired) electrons. The molecule has 0 aliphatic rings. The minimum atomic E-state index is -4.47. The molecule has 0 fully saturated rings. The number of hydrogen-bond donors (Lipinski definition) is 0. The fourth-order valence-electron chi connectivity index (χ4n) is 1.89. The molecule has 1 aromatic heterocycles. The molecule has 0 amide bonds. The van der Waals surface area contributed by atoms with E-state index in [0.717, 1.165) is 6.07 Å². The summed E-state index contributed by atoms with van der Waals surface area (Å²) in [6.45, 7) is 3.73. The van der Waals surface area contributed by atoms with Crippen molar-refractivity contribution in [2.45, 2.75) is 19.1 Å². The first-order chi connectivity index (χ1) is 11.0. The van der Waals surface area contributed by atoms with Crippen molar-refractivity contribution < 1.29 is 13.2 Å². The van der Waals surface area contributed by atoms with Gasteiger partial charge in [0.25, 0.3) is 0 Å². The molecule has 4 nitrogen and oxygen atoms in total. The number of hydrogen-bond acceptors (Lipinski definition) is 3. The summed E-state index contributed by atoms with van der Waals surface area (Å²) in [5.74, 6) is 5.59. The highest BCUT2D eigenvalue weighted by atomic mass is 19.4. The normalized spacial score (nSPS) is 11.3. The van der Waals surface area contributed by atoms with Gasteiger partial charge in [0.1, 0.15) is 0 Å². The van der Waals surface area contributed by atoms with Crippen LogP contribution in [0.5, 0.6) is 0 Å². The largest absolute Gasteiger partial charge is 0.417 e. The molecule has 118 valence electrons. The summed E-state index contributed by atoms with van der Waals surface area (Å²) < 4.78 is 40.6. The van der Waals surface area contributed by atoms with E-state index in [1.54, 1.807) is 12.2 Å². The molecule has 7 heteroatoms. The monoisotopic (exact) mass is 318 g/mol. The van der Waals surface area contributed by atoms with Crippen LogP contribution in [0.25, 0.3) is 11.4 Å². The molecular weight excluding hydrogens is 305 g/mol.